The van der Waals surface area contributed by atoms with E-state index in [-0.39, 0.29) is 17.7 Å². The first-order valence-corrected chi connectivity index (χ1v) is 9.27. The lowest BCUT2D eigenvalue weighted by molar-refractivity contribution is -0.124. The number of fused-ring (bicyclic) bond motifs is 1. The highest BCUT2D eigenvalue weighted by Gasteiger charge is 2.61. The number of carbonyl (C=O) groups excluding carboxylic acids is 1. The van der Waals surface area contributed by atoms with Crippen molar-refractivity contribution in [1.82, 2.24) is 19.4 Å². The zero-order valence-electron chi connectivity index (χ0n) is 15.3. The predicted octanol–water partition coefficient (Wildman–Crippen LogP) is 2.73. The van der Waals surface area contributed by atoms with E-state index in [0.717, 1.165) is 35.3 Å². The maximum atomic E-state index is 13.3. The minimum Gasteiger partial charge on any atom is -0.309 e. The molecule has 1 amide bonds. The predicted molar refractivity (Wildman–Crippen MR) is 99.3 cm³/mol. The Morgan fingerprint density at radius 3 is 2.78 bits per heavy atom. The Bertz CT molecular complexity index is 1100. The molecular weight excluding hydrogens is 340 g/mol. The number of nitrogens with zero attached hydrogens (tertiary/aromatic N) is 6. The number of anilines is 1. The van der Waals surface area contributed by atoms with Crippen LogP contribution in [0.5, 0.6) is 0 Å². The first-order chi connectivity index (χ1) is 13.0. The van der Waals surface area contributed by atoms with Crippen LogP contribution in [0.1, 0.15) is 25.3 Å². The fraction of sp³-hybridized carbons (Fsp3) is 0.400. The van der Waals surface area contributed by atoms with Crippen molar-refractivity contribution in [3.8, 4) is 11.8 Å². The lowest BCUT2D eigenvalue weighted by atomic mass is 9.75. The van der Waals surface area contributed by atoms with Crippen LogP contribution in [-0.4, -0.2) is 31.8 Å². The van der Waals surface area contributed by atoms with Crippen molar-refractivity contribution < 1.29 is 4.79 Å². The van der Waals surface area contributed by atoms with E-state index in [0.29, 0.717) is 6.54 Å². The minimum absolute atomic E-state index is 0.0129. The molecule has 2 fully saturated rings. The third-order valence-corrected chi connectivity index (χ3v) is 5.98. The van der Waals surface area contributed by atoms with Crippen molar-refractivity contribution in [1.29, 1.82) is 5.26 Å². The number of carbonyl (C=O) groups is 1. The average Bonchev–Trinajstić information content (AvgIpc) is 3.16. The maximum Gasteiger partial charge on any atom is 0.248 e. The molecule has 1 saturated carbocycles. The van der Waals surface area contributed by atoms with Gasteiger partial charge in [0.25, 0.3) is 0 Å². The van der Waals surface area contributed by atoms with Crippen molar-refractivity contribution in [2.75, 3.05) is 11.4 Å². The third-order valence-electron chi connectivity index (χ3n) is 5.98. The Hall–Kier alpha value is -3.14. The van der Waals surface area contributed by atoms with Crippen LogP contribution in [0.25, 0.3) is 11.2 Å². The Kier molecular flexibility index (Phi) is 3.23. The van der Waals surface area contributed by atoms with Gasteiger partial charge in [-0.3, -0.25) is 4.79 Å². The molecule has 0 aromatic carbocycles. The summed E-state index contributed by atoms with van der Waals surface area (Å²) < 4.78 is 3.56. The molecule has 7 nitrogen and oxygen atoms in total. The Labute approximate surface area is 156 Å². The van der Waals surface area contributed by atoms with Crippen molar-refractivity contribution in [3.63, 3.8) is 0 Å². The van der Waals surface area contributed by atoms with Crippen LogP contribution in [-0.2, 0) is 4.79 Å². The van der Waals surface area contributed by atoms with Crippen LogP contribution in [0.2, 0.25) is 0 Å². The van der Waals surface area contributed by atoms with Crippen LogP contribution >= 0.6 is 0 Å². The van der Waals surface area contributed by atoms with Crippen molar-refractivity contribution in [2.45, 2.75) is 26.7 Å². The molecule has 3 aromatic heterocycles. The third kappa shape index (κ3) is 2.16. The Morgan fingerprint density at radius 1 is 1.30 bits per heavy atom. The van der Waals surface area contributed by atoms with Gasteiger partial charge in [-0.1, -0.05) is 6.92 Å². The Morgan fingerprint density at radius 2 is 2.11 bits per heavy atom. The second-order valence-electron chi connectivity index (χ2n) is 7.78. The van der Waals surface area contributed by atoms with E-state index in [1.807, 2.05) is 38.4 Å². The molecule has 4 heterocycles. The van der Waals surface area contributed by atoms with E-state index in [4.69, 9.17) is 0 Å². The fourth-order valence-corrected chi connectivity index (χ4v) is 4.40. The van der Waals surface area contributed by atoms with Gasteiger partial charge in [0.15, 0.2) is 0 Å². The molecule has 1 aliphatic carbocycles. The van der Waals surface area contributed by atoms with E-state index in [1.165, 1.54) is 0 Å². The fourth-order valence-electron chi connectivity index (χ4n) is 4.40. The summed E-state index contributed by atoms with van der Waals surface area (Å²) in [6, 6.07) is 6.23. The normalized spacial score (nSPS) is 25.3. The van der Waals surface area contributed by atoms with Gasteiger partial charge in [0.2, 0.25) is 5.91 Å². The summed E-state index contributed by atoms with van der Waals surface area (Å²) >= 11 is 0. The molecule has 0 N–H and O–H groups in total. The molecule has 7 heteroatoms. The number of rotatable bonds is 3. The molecule has 3 aromatic rings. The number of hydrogen-bond donors (Lipinski definition) is 0. The Balaban J connectivity index is 1.60. The van der Waals surface area contributed by atoms with Crippen LogP contribution in [0, 0.1) is 35.5 Å². The summed E-state index contributed by atoms with van der Waals surface area (Å²) in [4.78, 5) is 15.1. The summed E-state index contributed by atoms with van der Waals surface area (Å²) in [5, 5.41) is 18.6. The molecule has 2 aliphatic rings. The number of aryl methyl sites for hydroxylation is 1. The van der Waals surface area contributed by atoms with Crippen molar-refractivity contribution in [3.05, 3.63) is 42.5 Å². The van der Waals surface area contributed by atoms with Crippen LogP contribution < -0.4 is 4.90 Å². The molecule has 1 saturated heterocycles. The van der Waals surface area contributed by atoms with Crippen LogP contribution in [0.15, 0.2) is 36.9 Å². The highest BCUT2D eigenvalue weighted by Crippen LogP contribution is 2.54. The summed E-state index contributed by atoms with van der Waals surface area (Å²) in [5.41, 5.74) is 2.72. The first kappa shape index (κ1) is 16.1. The zero-order valence-corrected chi connectivity index (χ0v) is 15.3. The highest BCUT2D eigenvalue weighted by molar-refractivity contribution is 6.05. The molecule has 27 heavy (non-hydrogen) atoms. The lowest BCUT2D eigenvalue weighted by Crippen LogP contribution is -2.37. The van der Waals surface area contributed by atoms with E-state index in [9.17, 15) is 10.1 Å². The highest BCUT2D eigenvalue weighted by atomic mass is 16.2. The molecule has 0 bridgehead atoms. The second kappa shape index (κ2) is 5.43. The van der Waals surface area contributed by atoms with Gasteiger partial charge in [0.05, 0.1) is 35.4 Å². The number of amides is 1. The maximum absolute atomic E-state index is 13.3. The molecular formula is C20H20N6O. The van der Waals surface area contributed by atoms with E-state index in [2.05, 4.69) is 16.3 Å². The minimum atomic E-state index is -0.880. The van der Waals surface area contributed by atoms with Gasteiger partial charge in [-0.2, -0.15) is 15.5 Å². The van der Waals surface area contributed by atoms with Crippen LogP contribution in [0.3, 0.4) is 0 Å². The number of nitriles is 1. The standard InChI is InChI=1S/C20H20N6O/c1-13-8-23-25(9-13)16-7-18-17(5-6-22-26(18)11-16)24-10-14(2)20(12-21,19(24)27)15-3-4-15/h5-9,11,14-15H,3-4,10H2,1-2H3/t14-,20+/m1/s1. The first-order valence-electron chi connectivity index (χ1n) is 9.27. The van der Waals surface area contributed by atoms with Gasteiger partial charge >= 0.3 is 0 Å². The zero-order chi connectivity index (χ0) is 18.8. The van der Waals surface area contributed by atoms with Crippen LogP contribution in [0.4, 0.5) is 5.69 Å². The summed E-state index contributed by atoms with van der Waals surface area (Å²) in [7, 11) is 0. The van der Waals surface area contributed by atoms with E-state index < -0.39 is 5.41 Å². The van der Waals surface area contributed by atoms with E-state index in [1.54, 1.807) is 26.5 Å². The van der Waals surface area contributed by atoms with Gasteiger partial charge in [-0.05, 0) is 43.4 Å². The quantitative estimate of drug-likeness (QED) is 0.719. The molecule has 2 atom stereocenters. The number of hydrogen-bond acceptors (Lipinski definition) is 4. The van der Waals surface area contributed by atoms with Gasteiger partial charge < -0.3 is 4.90 Å². The van der Waals surface area contributed by atoms with Crippen molar-refractivity contribution >= 4 is 17.1 Å². The molecule has 0 unspecified atom stereocenters. The average molecular weight is 360 g/mol. The monoisotopic (exact) mass is 360 g/mol. The molecule has 136 valence electrons. The van der Waals surface area contributed by atoms with Gasteiger partial charge in [-0.15, -0.1) is 0 Å². The largest absolute Gasteiger partial charge is 0.309 e. The smallest absolute Gasteiger partial charge is 0.248 e. The van der Waals surface area contributed by atoms with Crippen molar-refractivity contribution in [2.24, 2.45) is 17.3 Å². The molecule has 0 spiro atoms. The van der Waals surface area contributed by atoms with E-state index >= 15 is 0 Å². The van der Waals surface area contributed by atoms with Gasteiger partial charge in [0.1, 0.15) is 5.41 Å². The molecule has 5 rings (SSSR count). The summed E-state index contributed by atoms with van der Waals surface area (Å²) in [6.45, 7) is 4.57. The molecule has 1 aliphatic heterocycles. The summed E-state index contributed by atoms with van der Waals surface area (Å²) in [6.07, 6.45) is 9.29. The lowest BCUT2D eigenvalue weighted by Gasteiger charge is -2.23. The van der Waals surface area contributed by atoms with Gasteiger partial charge in [-0.25, -0.2) is 9.20 Å². The topological polar surface area (TPSA) is 79.2 Å². The second-order valence-corrected chi connectivity index (χ2v) is 7.78. The summed E-state index contributed by atoms with van der Waals surface area (Å²) in [5.74, 6) is 0.145. The molecule has 0 radical (unpaired) electrons. The SMILES string of the molecule is Cc1cnn(-c2cc3c(N4C[C@@H](C)[C@@](C#N)(C5CC5)C4=O)ccnn3c2)c1. The number of aromatic nitrogens is 4. The van der Waals surface area contributed by atoms with Gasteiger partial charge in [0, 0.05) is 24.9 Å².